The molecule has 0 atom stereocenters. The van der Waals surface area contributed by atoms with Crippen molar-refractivity contribution in [3.8, 4) is 11.5 Å². The Bertz CT molecular complexity index is 1220. The topological polar surface area (TPSA) is 18.5 Å². The number of benzene rings is 2. The molecule has 0 saturated carbocycles. The molecule has 0 aromatic heterocycles. The molecule has 0 aliphatic heterocycles. The van der Waals surface area contributed by atoms with E-state index in [1.165, 1.54) is 63.5 Å². The van der Waals surface area contributed by atoms with Gasteiger partial charge in [-0.15, -0.1) is 12.1 Å². The molecule has 0 spiro atoms. The van der Waals surface area contributed by atoms with Gasteiger partial charge in [0, 0.05) is 0 Å². The van der Waals surface area contributed by atoms with Gasteiger partial charge in [0.1, 0.15) is 0 Å². The molecule has 4 aromatic rings. The average Bonchev–Trinajstić information content (AvgIpc) is 3.92. The summed E-state index contributed by atoms with van der Waals surface area (Å²) in [5, 5.41) is 0. The van der Waals surface area contributed by atoms with Crippen LogP contribution in [0.5, 0.6) is 11.5 Å². The van der Waals surface area contributed by atoms with Gasteiger partial charge in [0.15, 0.2) is 0 Å². The molecule has 0 aliphatic carbocycles. The van der Waals surface area contributed by atoms with E-state index in [1.807, 2.05) is 60.7 Å². The molecule has 0 amide bonds. The maximum Gasteiger partial charge on any atom is 4.00 e. The molecule has 0 saturated heterocycles. The van der Waals surface area contributed by atoms with Crippen molar-refractivity contribution in [1.29, 1.82) is 0 Å². The number of rotatable bonds is 20. The number of unbranched alkanes of at least 4 members (excludes halogenated alkanes) is 14. The molecule has 0 unspecified atom stereocenters. The smallest absolute Gasteiger partial charge is 0.513 e. The van der Waals surface area contributed by atoms with Crippen molar-refractivity contribution in [1.82, 2.24) is 0 Å². The maximum atomic E-state index is 13.3. The Kier molecular flexibility index (Phi) is 30.4. The van der Waals surface area contributed by atoms with Gasteiger partial charge in [-0.3, -0.25) is 17.6 Å². The average molecular weight is 789 g/mol. The molecule has 4 rings (SSSR count). The Hall–Kier alpha value is -3.11. The summed E-state index contributed by atoms with van der Waals surface area (Å²) in [6, 6.07) is 22.6. The first kappa shape index (κ1) is 49.9. The van der Waals surface area contributed by atoms with Gasteiger partial charge in [0.05, 0.1) is 71.3 Å². The molecule has 2 nitrogen and oxygen atoms in total. The molecule has 0 aliphatic rings. The van der Waals surface area contributed by atoms with Crippen LogP contribution in [0.3, 0.4) is 0 Å². The predicted octanol–water partition coefficient (Wildman–Crippen LogP) is 13.9. The van der Waals surface area contributed by atoms with Gasteiger partial charge in [-0.25, -0.2) is 41.8 Å². The summed E-state index contributed by atoms with van der Waals surface area (Å²) >= 11 is 0. The molecular formula is C42H52F8O2Ti. The second kappa shape index (κ2) is 32.3. The van der Waals surface area contributed by atoms with E-state index in [0.717, 1.165) is 38.5 Å². The minimum Gasteiger partial charge on any atom is -0.513 e. The largest absolute Gasteiger partial charge is 4.00 e. The number of halogens is 8. The second-order valence-corrected chi connectivity index (χ2v) is 12.0. The van der Waals surface area contributed by atoms with E-state index < -0.39 is 58.0 Å². The van der Waals surface area contributed by atoms with E-state index in [2.05, 4.69) is 13.8 Å². The summed E-state index contributed by atoms with van der Waals surface area (Å²) in [6.45, 7) is 4.38. The summed E-state index contributed by atoms with van der Waals surface area (Å²) in [4.78, 5) is 0. The van der Waals surface area contributed by atoms with Crippen molar-refractivity contribution in [2.24, 2.45) is 0 Å². The van der Waals surface area contributed by atoms with Crippen molar-refractivity contribution in [3.63, 3.8) is 0 Å². The van der Waals surface area contributed by atoms with Gasteiger partial charge in [0.25, 0.3) is 0 Å². The van der Waals surface area contributed by atoms with Crippen molar-refractivity contribution < 1.29 is 66.3 Å². The SMILES string of the molecule is CCCCCCCCCCOc1c(F)c(F)[c-]c(F)c1F.CCCCCCCCCCOc1c(F)c(F)[c-]c(F)c1F.[Ti+4].c1cc[cH-]c1.c1cc[cH-]c1. The van der Waals surface area contributed by atoms with E-state index in [9.17, 15) is 35.1 Å². The number of hydrogen-bond donors (Lipinski definition) is 0. The van der Waals surface area contributed by atoms with Crippen molar-refractivity contribution in [3.05, 3.63) is 119 Å². The standard InChI is InChI=1S/2C16H21F4O.2C5H5.Ti/c2*1-2-3-4-5-6-7-8-9-10-21-16-14(19)12(17)11-13(18)15(16)20;2*1-2-4-5-3-1;/h2*2-10H2,1H3;2*1-5H;/q4*-1;+4. The summed E-state index contributed by atoms with van der Waals surface area (Å²) in [6.07, 6.45) is 16.9. The van der Waals surface area contributed by atoms with Crippen LogP contribution in [0, 0.1) is 58.7 Å². The molecule has 0 bridgehead atoms. The zero-order valence-corrected chi connectivity index (χ0v) is 32.4. The van der Waals surface area contributed by atoms with Crippen molar-refractivity contribution in [2.45, 2.75) is 117 Å². The van der Waals surface area contributed by atoms with E-state index in [1.54, 1.807) is 0 Å². The van der Waals surface area contributed by atoms with Gasteiger partial charge in [-0.1, -0.05) is 104 Å². The molecule has 0 fully saturated rings. The van der Waals surface area contributed by atoms with Crippen molar-refractivity contribution in [2.75, 3.05) is 13.2 Å². The van der Waals surface area contributed by atoms with Crippen LogP contribution in [0.2, 0.25) is 0 Å². The van der Waals surface area contributed by atoms with Crippen LogP contribution < -0.4 is 9.47 Å². The van der Waals surface area contributed by atoms with Crippen LogP contribution in [-0.2, 0) is 21.7 Å². The van der Waals surface area contributed by atoms with Gasteiger partial charge in [-0.2, -0.15) is 36.4 Å². The molecule has 0 N–H and O–H groups in total. The Morgan fingerprint density at radius 3 is 0.887 bits per heavy atom. The quantitative estimate of drug-likeness (QED) is 0.0292. The van der Waals surface area contributed by atoms with E-state index in [4.69, 9.17) is 9.47 Å². The first-order chi connectivity index (χ1) is 25.1. The van der Waals surface area contributed by atoms with E-state index in [0.29, 0.717) is 12.8 Å². The molecule has 292 valence electrons. The zero-order valence-electron chi connectivity index (χ0n) is 30.8. The molecule has 0 radical (unpaired) electrons. The first-order valence-corrected chi connectivity index (χ1v) is 18.2. The molecule has 0 heterocycles. The number of hydrogen-bond acceptors (Lipinski definition) is 2. The molecular weight excluding hydrogens is 736 g/mol. The third-order valence-corrected chi connectivity index (χ3v) is 7.61. The van der Waals surface area contributed by atoms with Gasteiger partial charge in [-0.05, 0) is 12.8 Å². The molecule has 53 heavy (non-hydrogen) atoms. The Morgan fingerprint density at radius 1 is 0.415 bits per heavy atom. The summed E-state index contributed by atoms with van der Waals surface area (Å²) < 4.78 is 114. The van der Waals surface area contributed by atoms with Gasteiger partial charge in [0.2, 0.25) is 0 Å². The summed E-state index contributed by atoms with van der Waals surface area (Å²) in [5.74, 6) is -14.4. The Labute approximate surface area is 325 Å². The fourth-order valence-corrected chi connectivity index (χ4v) is 4.72. The summed E-state index contributed by atoms with van der Waals surface area (Å²) in [7, 11) is 0. The van der Waals surface area contributed by atoms with Crippen LogP contribution in [0.1, 0.15) is 117 Å². The van der Waals surface area contributed by atoms with E-state index >= 15 is 0 Å². The summed E-state index contributed by atoms with van der Waals surface area (Å²) in [5.41, 5.74) is 0. The predicted molar refractivity (Wildman–Crippen MR) is 190 cm³/mol. The molecule has 4 aromatic carbocycles. The Balaban J connectivity index is 0.000000791. The van der Waals surface area contributed by atoms with Crippen LogP contribution in [-0.4, -0.2) is 13.2 Å². The Morgan fingerprint density at radius 2 is 0.660 bits per heavy atom. The number of ether oxygens (including phenoxy) is 2. The maximum absolute atomic E-state index is 13.3. The van der Waals surface area contributed by atoms with Crippen LogP contribution >= 0.6 is 0 Å². The van der Waals surface area contributed by atoms with Crippen LogP contribution in [0.4, 0.5) is 35.1 Å². The normalized spacial score (nSPS) is 10.2. The molecule has 11 heteroatoms. The minimum absolute atomic E-state index is 0. The third kappa shape index (κ3) is 22.7. The monoisotopic (exact) mass is 788 g/mol. The third-order valence-electron chi connectivity index (χ3n) is 7.61. The second-order valence-electron chi connectivity index (χ2n) is 12.0. The van der Waals surface area contributed by atoms with E-state index in [-0.39, 0.29) is 34.9 Å². The first-order valence-electron chi connectivity index (χ1n) is 18.2. The van der Waals surface area contributed by atoms with Crippen LogP contribution in [0.25, 0.3) is 0 Å². The fourth-order valence-electron chi connectivity index (χ4n) is 4.72. The fraction of sp³-hybridized carbons (Fsp3) is 0.476. The minimum atomic E-state index is -1.57. The van der Waals surface area contributed by atoms with Gasteiger partial charge >= 0.3 is 21.7 Å². The van der Waals surface area contributed by atoms with Gasteiger partial charge < -0.3 is 9.47 Å². The van der Waals surface area contributed by atoms with Crippen molar-refractivity contribution >= 4 is 0 Å². The zero-order chi connectivity index (χ0) is 38.4. The van der Waals surface area contributed by atoms with Crippen LogP contribution in [0.15, 0.2) is 60.7 Å².